The predicted molar refractivity (Wildman–Crippen MR) is 90.0 cm³/mol. The summed E-state index contributed by atoms with van der Waals surface area (Å²) >= 11 is 5.38. The molecule has 2 nitrogen and oxygen atoms in total. The summed E-state index contributed by atoms with van der Waals surface area (Å²) in [7, 11) is 0. The normalized spacial score (nSPS) is 10.8. The van der Waals surface area contributed by atoms with Crippen molar-refractivity contribution in [3.05, 3.63) is 50.1 Å². The first-order valence-corrected chi connectivity index (χ1v) is 8.46. The smallest absolute Gasteiger partial charge is 0.119 e. The van der Waals surface area contributed by atoms with Gasteiger partial charge in [-0.2, -0.15) is 0 Å². The van der Waals surface area contributed by atoms with Gasteiger partial charge in [-0.1, -0.05) is 22.0 Å². The number of ether oxygens (including phenoxy) is 1. The van der Waals surface area contributed by atoms with Crippen molar-refractivity contribution in [2.45, 2.75) is 20.3 Å². The average molecular weight is 354 g/mol. The fraction of sp³-hybridized carbons (Fsp3) is 0.375. The predicted octanol–water partition coefficient (Wildman–Crippen LogP) is 4.34. The second-order valence-corrected chi connectivity index (χ2v) is 6.62. The van der Waals surface area contributed by atoms with Crippen LogP contribution in [0.25, 0.3) is 0 Å². The van der Waals surface area contributed by atoms with E-state index in [1.807, 2.05) is 11.3 Å². The van der Waals surface area contributed by atoms with Gasteiger partial charge in [-0.05, 0) is 55.0 Å². The minimum absolute atomic E-state index is 0.699. The highest BCUT2D eigenvalue weighted by Gasteiger charge is 2.02. The number of nitrogens with one attached hydrogen (secondary N) is 1. The van der Waals surface area contributed by atoms with E-state index in [9.17, 15) is 0 Å². The summed E-state index contributed by atoms with van der Waals surface area (Å²) in [4.78, 5) is 1.43. The van der Waals surface area contributed by atoms with Crippen LogP contribution in [0.1, 0.15) is 16.0 Å². The van der Waals surface area contributed by atoms with Crippen molar-refractivity contribution in [2.24, 2.45) is 0 Å². The molecule has 0 aliphatic rings. The molecule has 0 saturated heterocycles. The van der Waals surface area contributed by atoms with Crippen LogP contribution in [0.2, 0.25) is 0 Å². The zero-order valence-corrected chi connectivity index (χ0v) is 14.3. The lowest BCUT2D eigenvalue weighted by molar-refractivity contribution is 0.314. The van der Waals surface area contributed by atoms with Crippen molar-refractivity contribution < 1.29 is 4.74 Å². The number of hydrogen-bond donors (Lipinski definition) is 1. The molecular weight excluding hydrogens is 334 g/mol. The third-order valence-electron chi connectivity index (χ3n) is 3.09. The van der Waals surface area contributed by atoms with Crippen LogP contribution in [0.5, 0.6) is 5.75 Å². The SMILES string of the molecule is Cc1cc(OCCNCCc2cccs2)cc(C)c1Br. The van der Waals surface area contributed by atoms with E-state index in [0.29, 0.717) is 6.61 Å². The summed E-state index contributed by atoms with van der Waals surface area (Å²) in [6.45, 7) is 6.75. The zero-order valence-electron chi connectivity index (χ0n) is 11.9. The molecule has 0 fully saturated rings. The highest BCUT2D eigenvalue weighted by molar-refractivity contribution is 9.10. The topological polar surface area (TPSA) is 21.3 Å². The molecule has 0 spiro atoms. The third-order valence-corrected chi connectivity index (χ3v) is 5.27. The van der Waals surface area contributed by atoms with E-state index < -0.39 is 0 Å². The first kappa shape index (κ1) is 15.5. The van der Waals surface area contributed by atoms with Crippen LogP contribution in [0.3, 0.4) is 0 Å². The molecule has 2 rings (SSSR count). The quantitative estimate of drug-likeness (QED) is 0.747. The number of rotatable bonds is 7. The molecule has 1 N–H and O–H groups in total. The Morgan fingerprint density at radius 2 is 1.95 bits per heavy atom. The van der Waals surface area contributed by atoms with Crippen LogP contribution >= 0.6 is 27.3 Å². The minimum atomic E-state index is 0.699. The highest BCUT2D eigenvalue weighted by atomic mass is 79.9. The van der Waals surface area contributed by atoms with E-state index in [-0.39, 0.29) is 0 Å². The van der Waals surface area contributed by atoms with E-state index >= 15 is 0 Å². The fourth-order valence-electron chi connectivity index (χ4n) is 2.02. The van der Waals surface area contributed by atoms with E-state index in [0.717, 1.165) is 25.3 Å². The van der Waals surface area contributed by atoms with Crippen LogP contribution in [0, 0.1) is 13.8 Å². The summed E-state index contributed by atoms with van der Waals surface area (Å²) < 4.78 is 6.94. The first-order chi connectivity index (χ1) is 9.66. The largest absolute Gasteiger partial charge is 0.492 e. The molecule has 0 radical (unpaired) electrons. The van der Waals surface area contributed by atoms with E-state index in [4.69, 9.17) is 4.74 Å². The van der Waals surface area contributed by atoms with Crippen LogP contribution < -0.4 is 10.1 Å². The van der Waals surface area contributed by atoms with Gasteiger partial charge in [0.25, 0.3) is 0 Å². The van der Waals surface area contributed by atoms with E-state index in [1.165, 1.54) is 20.5 Å². The molecule has 2 aromatic rings. The lowest BCUT2D eigenvalue weighted by Crippen LogP contribution is -2.23. The van der Waals surface area contributed by atoms with Gasteiger partial charge in [-0.25, -0.2) is 0 Å². The lowest BCUT2D eigenvalue weighted by atomic mass is 10.1. The summed E-state index contributed by atoms with van der Waals surface area (Å²) in [5, 5.41) is 5.53. The Hall–Kier alpha value is -0.840. The highest BCUT2D eigenvalue weighted by Crippen LogP contribution is 2.26. The third kappa shape index (κ3) is 4.62. The Labute approximate surface area is 133 Å². The molecule has 0 atom stereocenters. The van der Waals surface area contributed by atoms with Crippen molar-refractivity contribution in [1.82, 2.24) is 5.32 Å². The fourth-order valence-corrected chi connectivity index (χ4v) is 2.96. The van der Waals surface area contributed by atoms with Gasteiger partial charge in [0, 0.05) is 22.4 Å². The molecule has 0 saturated carbocycles. The number of halogens is 1. The standard InChI is InChI=1S/C16H20BrNOS/c1-12-10-14(11-13(2)16(12)17)19-8-7-18-6-5-15-4-3-9-20-15/h3-4,9-11,18H,5-8H2,1-2H3. The van der Waals surface area contributed by atoms with Gasteiger partial charge in [-0.3, -0.25) is 0 Å². The Kier molecular flexibility index (Phi) is 6.07. The van der Waals surface area contributed by atoms with Crippen molar-refractivity contribution in [1.29, 1.82) is 0 Å². The first-order valence-electron chi connectivity index (χ1n) is 6.79. The maximum atomic E-state index is 5.78. The van der Waals surface area contributed by atoms with Crippen LogP contribution in [-0.2, 0) is 6.42 Å². The number of hydrogen-bond acceptors (Lipinski definition) is 3. The molecule has 0 aliphatic carbocycles. The monoisotopic (exact) mass is 353 g/mol. The zero-order chi connectivity index (χ0) is 14.4. The molecule has 1 aromatic heterocycles. The van der Waals surface area contributed by atoms with Gasteiger partial charge in [0.2, 0.25) is 0 Å². The second kappa shape index (κ2) is 7.81. The van der Waals surface area contributed by atoms with Gasteiger partial charge < -0.3 is 10.1 Å². The molecule has 108 valence electrons. The molecule has 0 amide bonds. The van der Waals surface area contributed by atoms with Gasteiger partial charge in [-0.15, -0.1) is 11.3 Å². The van der Waals surface area contributed by atoms with Gasteiger partial charge in [0.1, 0.15) is 12.4 Å². The Bertz CT molecular complexity index is 516. The average Bonchev–Trinajstić information content (AvgIpc) is 2.93. The summed E-state index contributed by atoms with van der Waals surface area (Å²) in [5.74, 6) is 0.947. The van der Waals surface area contributed by atoms with E-state index in [2.05, 4.69) is 64.7 Å². The number of thiophene rings is 1. The van der Waals surface area contributed by atoms with Crippen LogP contribution in [0.15, 0.2) is 34.1 Å². The molecule has 0 bridgehead atoms. The van der Waals surface area contributed by atoms with Crippen LogP contribution in [0.4, 0.5) is 0 Å². The molecule has 0 aliphatic heterocycles. The maximum absolute atomic E-state index is 5.78. The van der Waals surface area contributed by atoms with Crippen molar-refractivity contribution >= 4 is 27.3 Å². The van der Waals surface area contributed by atoms with Crippen molar-refractivity contribution in [2.75, 3.05) is 19.7 Å². The van der Waals surface area contributed by atoms with Gasteiger partial charge in [0.05, 0.1) is 0 Å². The number of aryl methyl sites for hydroxylation is 2. The molecule has 1 heterocycles. The maximum Gasteiger partial charge on any atom is 0.119 e. The molecule has 20 heavy (non-hydrogen) atoms. The lowest BCUT2D eigenvalue weighted by Gasteiger charge is -2.10. The van der Waals surface area contributed by atoms with Crippen molar-refractivity contribution in [3.63, 3.8) is 0 Å². The Morgan fingerprint density at radius 1 is 1.20 bits per heavy atom. The molecular formula is C16H20BrNOS. The molecule has 4 heteroatoms. The van der Waals surface area contributed by atoms with Gasteiger partial charge >= 0.3 is 0 Å². The van der Waals surface area contributed by atoms with Gasteiger partial charge in [0.15, 0.2) is 0 Å². The second-order valence-electron chi connectivity index (χ2n) is 4.80. The molecule has 1 aromatic carbocycles. The summed E-state index contributed by atoms with van der Waals surface area (Å²) in [6, 6.07) is 8.42. The Balaban J connectivity index is 1.66. The van der Waals surface area contributed by atoms with Crippen molar-refractivity contribution in [3.8, 4) is 5.75 Å². The minimum Gasteiger partial charge on any atom is -0.492 e. The Morgan fingerprint density at radius 3 is 2.60 bits per heavy atom. The van der Waals surface area contributed by atoms with Crippen LogP contribution in [-0.4, -0.2) is 19.7 Å². The number of benzene rings is 1. The summed E-state index contributed by atoms with van der Waals surface area (Å²) in [6.07, 6.45) is 1.09. The van der Waals surface area contributed by atoms with E-state index in [1.54, 1.807) is 0 Å². The summed E-state index contributed by atoms with van der Waals surface area (Å²) in [5.41, 5.74) is 2.43. The molecule has 0 unspecified atom stereocenters.